The molecule has 9 heteroatoms. The molecule has 20 heavy (non-hydrogen) atoms. The molecular weight excluding hydrogens is 341 g/mol. The van der Waals surface area contributed by atoms with Crippen molar-refractivity contribution in [1.82, 2.24) is 15.0 Å². The maximum absolute atomic E-state index is 12.4. The molecule has 0 amide bonds. The van der Waals surface area contributed by atoms with E-state index in [2.05, 4.69) is 30.9 Å². The predicted octanol–water partition coefficient (Wildman–Crippen LogP) is 2.47. The quantitative estimate of drug-likeness (QED) is 0.844. The summed E-state index contributed by atoms with van der Waals surface area (Å²) in [6.45, 7) is 0. The molecule has 0 aliphatic heterocycles. The van der Waals surface area contributed by atoms with Gasteiger partial charge in [0, 0.05) is 11.8 Å². The Kier molecular flexibility index (Phi) is 3.71. The van der Waals surface area contributed by atoms with Gasteiger partial charge in [0.25, 0.3) is 0 Å². The van der Waals surface area contributed by atoms with E-state index in [4.69, 9.17) is 5.73 Å². The summed E-state index contributed by atoms with van der Waals surface area (Å²) in [4.78, 5) is 22.8. The summed E-state index contributed by atoms with van der Waals surface area (Å²) < 4.78 is 37.4. The molecule has 0 saturated carbocycles. The minimum absolute atomic E-state index is 0.0582. The van der Waals surface area contributed by atoms with Crippen molar-refractivity contribution in [2.45, 2.75) is 6.18 Å². The van der Waals surface area contributed by atoms with Crippen molar-refractivity contribution in [1.29, 1.82) is 0 Å². The largest absolute Gasteiger partial charge is 0.433 e. The molecule has 2 aromatic rings. The lowest BCUT2D eigenvalue weighted by molar-refractivity contribution is -0.141. The molecule has 0 fully saturated rings. The van der Waals surface area contributed by atoms with Crippen LogP contribution in [0.3, 0.4) is 0 Å². The molecule has 0 aliphatic carbocycles. The van der Waals surface area contributed by atoms with Gasteiger partial charge in [-0.2, -0.15) is 13.2 Å². The van der Waals surface area contributed by atoms with E-state index in [-0.39, 0.29) is 21.7 Å². The van der Waals surface area contributed by atoms with Crippen LogP contribution in [-0.4, -0.2) is 20.7 Å². The Morgan fingerprint density at radius 2 is 1.90 bits per heavy atom. The molecular formula is C11H6BrF3N4O. The molecule has 2 N–H and O–H groups in total. The van der Waals surface area contributed by atoms with Gasteiger partial charge in [-0.25, -0.2) is 9.97 Å². The first-order valence-electron chi connectivity index (χ1n) is 5.15. The van der Waals surface area contributed by atoms with E-state index in [0.717, 1.165) is 18.3 Å². The molecule has 0 aromatic carbocycles. The van der Waals surface area contributed by atoms with Gasteiger partial charge in [0.15, 0.2) is 11.5 Å². The molecule has 0 saturated heterocycles. The zero-order valence-corrected chi connectivity index (χ0v) is 11.2. The summed E-state index contributed by atoms with van der Waals surface area (Å²) in [5.41, 5.74) is 4.22. The summed E-state index contributed by atoms with van der Waals surface area (Å²) in [6, 6.07) is 1.73. The Bertz CT molecular complexity index is 658. The van der Waals surface area contributed by atoms with Crippen LogP contribution in [0.2, 0.25) is 0 Å². The van der Waals surface area contributed by atoms with Crippen molar-refractivity contribution in [2.24, 2.45) is 0 Å². The predicted molar refractivity (Wildman–Crippen MR) is 66.8 cm³/mol. The third-order valence-corrected chi connectivity index (χ3v) is 2.68. The highest BCUT2D eigenvalue weighted by atomic mass is 79.9. The smallest absolute Gasteiger partial charge is 0.382 e. The number of carbonyl (C=O) groups excluding carboxylic acids is 1. The van der Waals surface area contributed by atoms with Gasteiger partial charge in [-0.05, 0) is 28.1 Å². The molecule has 0 aliphatic rings. The van der Waals surface area contributed by atoms with E-state index in [1.54, 1.807) is 0 Å². The Hall–Kier alpha value is -2.03. The average molecular weight is 347 g/mol. The second kappa shape index (κ2) is 5.16. The second-order valence-electron chi connectivity index (χ2n) is 3.69. The maximum atomic E-state index is 12.4. The lowest BCUT2D eigenvalue weighted by atomic mass is 10.1. The van der Waals surface area contributed by atoms with Crippen molar-refractivity contribution >= 4 is 27.5 Å². The molecule has 0 radical (unpaired) electrons. The van der Waals surface area contributed by atoms with Crippen LogP contribution in [-0.2, 0) is 6.18 Å². The third-order valence-electron chi connectivity index (χ3n) is 2.30. The Morgan fingerprint density at radius 1 is 1.20 bits per heavy atom. The highest BCUT2D eigenvalue weighted by molar-refractivity contribution is 9.10. The van der Waals surface area contributed by atoms with Gasteiger partial charge >= 0.3 is 6.18 Å². The van der Waals surface area contributed by atoms with Gasteiger partial charge in [0.1, 0.15) is 10.3 Å². The minimum Gasteiger partial charge on any atom is -0.382 e. The average Bonchev–Trinajstić information content (AvgIpc) is 2.40. The second-order valence-corrected chi connectivity index (χ2v) is 4.50. The Balaban J connectivity index is 2.37. The molecule has 2 rings (SSSR count). The van der Waals surface area contributed by atoms with Gasteiger partial charge in [0.05, 0.1) is 6.20 Å². The van der Waals surface area contributed by atoms with Gasteiger partial charge in [-0.3, -0.25) is 9.78 Å². The van der Waals surface area contributed by atoms with E-state index < -0.39 is 17.7 Å². The van der Waals surface area contributed by atoms with Crippen LogP contribution in [0.1, 0.15) is 21.7 Å². The zero-order chi connectivity index (χ0) is 14.9. The molecule has 2 heterocycles. The zero-order valence-electron chi connectivity index (χ0n) is 9.65. The lowest BCUT2D eigenvalue weighted by Gasteiger charge is -2.06. The van der Waals surface area contributed by atoms with E-state index >= 15 is 0 Å². The number of ketones is 1. The van der Waals surface area contributed by atoms with E-state index in [1.165, 1.54) is 6.20 Å². The fraction of sp³-hybridized carbons (Fsp3) is 0.0909. The van der Waals surface area contributed by atoms with Crippen LogP contribution >= 0.6 is 15.9 Å². The number of nitrogen functional groups attached to an aromatic ring is 1. The number of alkyl halides is 3. The van der Waals surface area contributed by atoms with Crippen molar-refractivity contribution in [3.63, 3.8) is 0 Å². The third kappa shape index (κ3) is 2.93. The summed E-state index contributed by atoms with van der Waals surface area (Å²) in [5, 5.41) is 0. The van der Waals surface area contributed by atoms with Crippen LogP contribution < -0.4 is 5.73 Å². The summed E-state index contributed by atoms with van der Waals surface area (Å²) in [5.74, 6) is -0.768. The van der Waals surface area contributed by atoms with Crippen LogP contribution in [0.5, 0.6) is 0 Å². The summed E-state index contributed by atoms with van der Waals surface area (Å²) in [6.07, 6.45) is -2.43. The van der Waals surface area contributed by atoms with E-state index in [1.807, 2.05) is 0 Å². The number of aromatic nitrogens is 3. The number of hydrogen-bond acceptors (Lipinski definition) is 5. The topological polar surface area (TPSA) is 81.8 Å². The van der Waals surface area contributed by atoms with E-state index in [0.29, 0.717) is 0 Å². The summed E-state index contributed by atoms with van der Waals surface area (Å²) in [7, 11) is 0. The monoisotopic (exact) mass is 346 g/mol. The molecule has 5 nitrogen and oxygen atoms in total. The first-order chi connectivity index (χ1) is 9.29. The SMILES string of the molecule is Nc1ncc(Br)nc1C(=O)c1ccc(C(F)(F)F)nc1. The normalized spacial score (nSPS) is 11.4. The molecule has 0 spiro atoms. The van der Waals surface area contributed by atoms with Gasteiger partial charge in [-0.15, -0.1) is 0 Å². The number of carbonyl (C=O) groups is 1. The maximum Gasteiger partial charge on any atom is 0.433 e. The van der Waals surface area contributed by atoms with Crippen molar-refractivity contribution in [3.05, 3.63) is 46.1 Å². The number of rotatable bonds is 2. The van der Waals surface area contributed by atoms with Crippen molar-refractivity contribution < 1.29 is 18.0 Å². The number of pyridine rings is 1. The Morgan fingerprint density at radius 3 is 2.45 bits per heavy atom. The number of nitrogens with zero attached hydrogens (tertiary/aromatic N) is 3. The molecule has 104 valence electrons. The molecule has 0 atom stereocenters. The minimum atomic E-state index is -4.56. The Labute approximate surface area is 119 Å². The number of halogens is 4. The van der Waals surface area contributed by atoms with Crippen molar-refractivity contribution in [2.75, 3.05) is 5.73 Å². The van der Waals surface area contributed by atoms with Crippen LogP contribution in [0.15, 0.2) is 29.1 Å². The molecule has 2 aromatic heterocycles. The van der Waals surface area contributed by atoms with Crippen LogP contribution in [0, 0.1) is 0 Å². The first-order valence-corrected chi connectivity index (χ1v) is 5.94. The van der Waals surface area contributed by atoms with Crippen LogP contribution in [0.25, 0.3) is 0 Å². The lowest BCUT2D eigenvalue weighted by Crippen LogP contribution is -2.12. The fourth-order valence-electron chi connectivity index (χ4n) is 1.38. The summed E-state index contributed by atoms with van der Waals surface area (Å²) >= 11 is 3.03. The number of nitrogens with two attached hydrogens (primary N) is 1. The van der Waals surface area contributed by atoms with Gasteiger partial charge in [0.2, 0.25) is 5.78 Å². The number of hydrogen-bond donors (Lipinski definition) is 1. The van der Waals surface area contributed by atoms with Gasteiger partial charge in [-0.1, -0.05) is 0 Å². The highest BCUT2D eigenvalue weighted by Crippen LogP contribution is 2.27. The fourth-order valence-corrected chi connectivity index (χ4v) is 1.66. The van der Waals surface area contributed by atoms with Crippen molar-refractivity contribution in [3.8, 4) is 0 Å². The number of anilines is 1. The molecule has 0 unspecified atom stereocenters. The van der Waals surface area contributed by atoms with E-state index in [9.17, 15) is 18.0 Å². The molecule has 0 bridgehead atoms. The standard InChI is InChI=1S/C11H6BrF3N4O/c12-7-4-18-10(16)8(19-7)9(20)5-1-2-6(17-3-5)11(13,14)15/h1-4H,(H2,16,18). The van der Waals surface area contributed by atoms with Gasteiger partial charge < -0.3 is 5.73 Å². The highest BCUT2D eigenvalue weighted by Gasteiger charge is 2.32. The van der Waals surface area contributed by atoms with Crippen LogP contribution in [0.4, 0.5) is 19.0 Å². The first kappa shape index (κ1) is 14.4.